The minimum Gasteiger partial charge on any atom is -0.263 e. The SMILES string of the molecule is Cc1ccc(C2=NNC(=O)c3c(=O)n(N)[nH][n+]3C2)cc1. The smallest absolute Gasteiger partial charge is 0.263 e. The second-order valence-electron chi connectivity index (χ2n) is 4.58. The summed E-state index contributed by atoms with van der Waals surface area (Å²) in [6.07, 6.45) is 0. The van der Waals surface area contributed by atoms with Crippen LogP contribution in [0.4, 0.5) is 0 Å². The third-order valence-electron chi connectivity index (χ3n) is 3.12. The van der Waals surface area contributed by atoms with Crippen LogP contribution in [0.15, 0.2) is 34.2 Å². The number of H-pyrrole nitrogens is 1. The first kappa shape index (κ1) is 12.2. The Balaban J connectivity index is 2.06. The summed E-state index contributed by atoms with van der Waals surface area (Å²) in [5.74, 6) is 4.86. The molecule has 0 atom stereocenters. The third-order valence-corrected chi connectivity index (χ3v) is 3.12. The fourth-order valence-corrected chi connectivity index (χ4v) is 2.05. The zero-order valence-electron chi connectivity index (χ0n) is 10.8. The molecule has 1 aromatic carbocycles. The van der Waals surface area contributed by atoms with Crippen LogP contribution in [0.3, 0.4) is 0 Å². The molecule has 1 aliphatic heterocycles. The van der Waals surface area contributed by atoms with E-state index in [2.05, 4.69) is 15.7 Å². The van der Waals surface area contributed by atoms with Crippen LogP contribution in [-0.2, 0) is 6.54 Å². The van der Waals surface area contributed by atoms with Crippen molar-refractivity contribution < 1.29 is 9.48 Å². The highest BCUT2D eigenvalue weighted by Gasteiger charge is 2.30. The van der Waals surface area contributed by atoms with Gasteiger partial charge in [0.1, 0.15) is 5.71 Å². The van der Waals surface area contributed by atoms with Gasteiger partial charge in [0, 0.05) is 5.56 Å². The highest BCUT2D eigenvalue weighted by molar-refractivity contribution is 6.02. The number of nitrogens with one attached hydrogen (secondary N) is 2. The molecule has 0 spiro atoms. The van der Waals surface area contributed by atoms with E-state index in [1.165, 1.54) is 4.68 Å². The molecule has 0 radical (unpaired) electrons. The van der Waals surface area contributed by atoms with Crippen molar-refractivity contribution in [3.63, 3.8) is 0 Å². The van der Waals surface area contributed by atoms with Gasteiger partial charge in [0.15, 0.2) is 6.54 Å². The average Bonchev–Trinajstić information content (AvgIpc) is 2.60. The van der Waals surface area contributed by atoms with Crippen molar-refractivity contribution >= 4 is 11.6 Å². The van der Waals surface area contributed by atoms with Gasteiger partial charge in [-0.2, -0.15) is 5.10 Å². The van der Waals surface area contributed by atoms with Gasteiger partial charge in [-0.15, -0.1) is 4.68 Å². The molecule has 4 N–H and O–H groups in total. The first-order valence-corrected chi connectivity index (χ1v) is 6.00. The Labute approximate surface area is 113 Å². The number of nitrogens with zero attached hydrogens (tertiary/aromatic N) is 3. The van der Waals surface area contributed by atoms with Crippen LogP contribution in [0.5, 0.6) is 0 Å². The molecular weight excluding hydrogens is 260 g/mol. The van der Waals surface area contributed by atoms with E-state index in [1.54, 1.807) is 0 Å². The van der Waals surface area contributed by atoms with Gasteiger partial charge in [-0.25, -0.2) is 16.1 Å². The zero-order chi connectivity index (χ0) is 14.3. The van der Waals surface area contributed by atoms with Gasteiger partial charge < -0.3 is 0 Å². The molecule has 3 rings (SSSR count). The van der Waals surface area contributed by atoms with Crippen molar-refractivity contribution in [2.24, 2.45) is 5.10 Å². The van der Waals surface area contributed by atoms with Gasteiger partial charge in [0.25, 0.3) is 0 Å². The van der Waals surface area contributed by atoms with Gasteiger partial charge in [-0.1, -0.05) is 35.0 Å². The summed E-state index contributed by atoms with van der Waals surface area (Å²) in [7, 11) is 0. The van der Waals surface area contributed by atoms with Crippen molar-refractivity contribution in [2.75, 3.05) is 5.84 Å². The van der Waals surface area contributed by atoms with Crippen molar-refractivity contribution in [1.82, 2.24) is 15.4 Å². The van der Waals surface area contributed by atoms with Crippen LogP contribution in [0, 0.1) is 6.92 Å². The topological polar surface area (TPSA) is 109 Å². The van der Waals surface area contributed by atoms with Crippen LogP contribution in [-0.4, -0.2) is 21.6 Å². The second kappa shape index (κ2) is 4.34. The summed E-state index contributed by atoms with van der Waals surface area (Å²) in [6, 6.07) is 7.72. The summed E-state index contributed by atoms with van der Waals surface area (Å²) in [5, 5.41) is 6.65. The molecule has 0 saturated carbocycles. The Hall–Kier alpha value is -2.90. The Kier molecular flexibility index (Phi) is 2.63. The van der Waals surface area contributed by atoms with Gasteiger partial charge >= 0.3 is 17.2 Å². The third kappa shape index (κ3) is 1.87. The standard InChI is InChI=1S/C12H12N6O2/c1-7-2-4-8(5-3-7)9-6-17-10(11(19)15-14-9)12(20)18(13)16-17/h2-5H,6H2,1H3,(H3-,13,15,16,19,20)/p+1. The lowest BCUT2D eigenvalue weighted by Crippen LogP contribution is -2.46. The van der Waals surface area contributed by atoms with Gasteiger partial charge in [0.05, 0.1) is 0 Å². The number of aromatic nitrogens is 3. The number of hydrogen-bond acceptors (Lipinski definition) is 4. The minimum absolute atomic E-state index is 0.0710. The molecule has 2 aromatic rings. The minimum atomic E-state index is -0.595. The fraction of sp³-hybridized carbons (Fsp3) is 0.167. The quantitative estimate of drug-likeness (QED) is 0.440. The van der Waals surface area contributed by atoms with Gasteiger partial charge in [-0.05, 0) is 11.7 Å². The number of hydrazone groups is 1. The van der Waals surface area contributed by atoms with E-state index in [1.807, 2.05) is 31.2 Å². The molecule has 1 aliphatic rings. The molecule has 0 bridgehead atoms. The highest BCUT2D eigenvalue weighted by Crippen LogP contribution is 2.06. The van der Waals surface area contributed by atoms with Gasteiger partial charge in [-0.3, -0.25) is 4.79 Å². The predicted molar refractivity (Wildman–Crippen MR) is 70.6 cm³/mol. The molecule has 0 aliphatic carbocycles. The van der Waals surface area contributed by atoms with E-state index in [0.29, 0.717) is 5.71 Å². The number of hydrogen-bond donors (Lipinski definition) is 3. The molecule has 0 unspecified atom stereocenters. The van der Waals surface area contributed by atoms with Crippen LogP contribution < -0.4 is 21.5 Å². The molecule has 1 amide bonds. The lowest BCUT2D eigenvalue weighted by molar-refractivity contribution is -0.742. The van der Waals surface area contributed by atoms with Crippen LogP contribution >= 0.6 is 0 Å². The lowest BCUT2D eigenvalue weighted by Gasteiger charge is -2.02. The molecule has 1 aromatic heterocycles. The van der Waals surface area contributed by atoms with Crippen LogP contribution in [0.25, 0.3) is 0 Å². The summed E-state index contributed by atoms with van der Waals surface area (Å²) < 4.78 is 1.38. The van der Waals surface area contributed by atoms with Crippen molar-refractivity contribution in [1.29, 1.82) is 0 Å². The average molecular weight is 273 g/mol. The Morgan fingerprint density at radius 1 is 1.30 bits per heavy atom. The summed E-state index contributed by atoms with van der Waals surface area (Å²) in [5.41, 5.74) is 4.31. The molecule has 102 valence electrons. The first-order valence-electron chi connectivity index (χ1n) is 6.00. The largest absolute Gasteiger partial charge is 0.430 e. The number of carbonyl (C=O) groups is 1. The maximum absolute atomic E-state index is 11.8. The number of benzene rings is 1. The second-order valence-corrected chi connectivity index (χ2v) is 4.58. The zero-order valence-corrected chi connectivity index (χ0v) is 10.8. The number of aromatic amines is 1. The van der Waals surface area contributed by atoms with E-state index in [0.717, 1.165) is 15.9 Å². The Bertz CT molecular complexity index is 768. The normalized spacial score (nSPS) is 14.2. The number of aryl methyl sites for hydroxylation is 1. The predicted octanol–water partition coefficient (Wildman–Crippen LogP) is -1.37. The van der Waals surface area contributed by atoms with Crippen molar-refractivity contribution in [2.45, 2.75) is 13.5 Å². The monoisotopic (exact) mass is 273 g/mol. The Morgan fingerprint density at radius 2 is 2.00 bits per heavy atom. The van der Waals surface area contributed by atoms with E-state index in [-0.39, 0.29) is 12.2 Å². The van der Waals surface area contributed by atoms with Crippen molar-refractivity contribution in [3.8, 4) is 0 Å². The van der Waals surface area contributed by atoms with Crippen molar-refractivity contribution in [3.05, 3.63) is 51.4 Å². The molecule has 8 nitrogen and oxygen atoms in total. The molecule has 0 saturated heterocycles. The Morgan fingerprint density at radius 3 is 2.70 bits per heavy atom. The number of rotatable bonds is 1. The molecule has 0 fully saturated rings. The number of fused-ring (bicyclic) bond motifs is 1. The first-order chi connectivity index (χ1) is 9.56. The van der Waals surface area contributed by atoms with E-state index in [4.69, 9.17) is 5.84 Å². The summed E-state index contributed by atoms with van der Waals surface area (Å²) in [4.78, 5) is 24.4. The molecule has 20 heavy (non-hydrogen) atoms. The molecular formula is C12H13N6O2+. The number of carbonyl (C=O) groups excluding carboxylic acids is 1. The number of nitrogens with two attached hydrogens (primary N) is 1. The number of amides is 1. The molecule has 2 heterocycles. The van der Waals surface area contributed by atoms with E-state index < -0.39 is 11.5 Å². The van der Waals surface area contributed by atoms with Crippen LogP contribution in [0.2, 0.25) is 0 Å². The van der Waals surface area contributed by atoms with E-state index >= 15 is 0 Å². The lowest BCUT2D eigenvalue weighted by atomic mass is 10.1. The fourth-order valence-electron chi connectivity index (χ4n) is 2.05. The summed E-state index contributed by atoms with van der Waals surface area (Å²) in [6.45, 7) is 2.23. The molecule has 8 heteroatoms. The maximum Gasteiger partial charge on any atom is 0.430 e. The van der Waals surface area contributed by atoms with E-state index in [9.17, 15) is 9.59 Å². The number of nitrogen functional groups attached to an aromatic ring is 1. The maximum atomic E-state index is 11.8. The van der Waals surface area contributed by atoms with Crippen LogP contribution in [0.1, 0.15) is 21.6 Å². The highest BCUT2D eigenvalue weighted by atomic mass is 16.2. The van der Waals surface area contributed by atoms with Gasteiger partial charge in [0.2, 0.25) is 0 Å². The summed E-state index contributed by atoms with van der Waals surface area (Å²) >= 11 is 0.